The van der Waals surface area contributed by atoms with Crippen LogP contribution >= 0.6 is 0 Å². The number of carbonyl (C=O) groups is 2. The number of hydrogen-bond donors (Lipinski definition) is 0. The van der Waals surface area contributed by atoms with Gasteiger partial charge in [-0.05, 0) is 55.9 Å². The van der Waals surface area contributed by atoms with E-state index in [4.69, 9.17) is 4.42 Å². The Labute approximate surface area is 147 Å². The third-order valence-electron chi connectivity index (χ3n) is 6.21. The number of hydrogen-bond acceptors (Lipinski definition) is 4. The second kappa shape index (κ2) is 6.43. The van der Waals surface area contributed by atoms with Crippen molar-refractivity contribution in [1.82, 2.24) is 4.90 Å². The van der Waals surface area contributed by atoms with Crippen molar-refractivity contribution in [1.29, 1.82) is 0 Å². The first-order chi connectivity index (χ1) is 12.0. The first-order valence-corrected chi connectivity index (χ1v) is 9.55. The van der Waals surface area contributed by atoms with Crippen molar-refractivity contribution >= 4 is 11.8 Å². The topological polar surface area (TPSA) is 67.6 Å². The van der Waals surface area contributed by atoms with E-state index in [0.717, 1.165) is 50.0 Å². The second-order valence-corrected chi connectivity index (χ2v) is 8.05. The molecule has 3 aliphatic rings. The fraction of sp³-hybridized carbons (Fsp3) is 0.650. The lowest BCUT2D eigenvalue weighted by molar-refractivity contribution is -0.132. The molecule has 5 heteroatoms. The Kier molecular flexibility index (Phi) is 4.26. The van der Waals surface area contributed by atoms with Gasteiger partial charge in [-0.3, -0.25) is 14.5 Å². The molecule has 5 nitrogen and oxygen atoms in total. The van der Waals surface area contributed by atoms with Crippen LogP contribution in [0, 0.1) is 11.8 Å². The van der Waals surface area contributed by atoms with Gasteiger partial charge in [0.1, 0.15) is 5.76 Å². The molecule has 1 aromatic rings. The summed E-state index contributed by atoms with van der Waals surface area (Å²) in [4.78, 5) is 38.8. The van der Waals surface area contributed by atoms with Crippen molar-refractivity contribution in [2.45, 2.75) is 70.8 Å². The normalized spacial score (nSPS) is 27.2. The fourth-order valence-corrected chi connectivity index (χ4v) is 4.45. The van der Waals surface area contributed by atoms with Crippen LogP contribution in [0.5, 0.6) is 0 Å². The largest absolute Gasteiger partial charge is 0.426 e. The van der Waals surface area contributed by atoms with E-state index in [1.54, 1.807) is 0 Å². The van der Waals surface area contributed by atoms with Crippen molar-refractivity contribution in [2.75, 3.05) is 0 Å². The Bertz CT molecular complexity index is 753. The Morgan fingerprint density at radius 1 is 1.08 bits per heavy atom. The Morgan fingerprint density at radius 2 is 1.80 bits per heavy atom. The lowest BCUT2D eigenvalue weighted by atomic mass is 9.79. The van der Waals surface area contributed by atoms with Gasteiger partial charge in [0.2, 0.25) is 5.91 Å². The van der Waals surface area contributed by atoms with E-state index in [1.165, 1.54) is 23.8 Å². The zero-order chi connectivity index (χ0) is 17.6. The maximum Gasteiger partial charge on any atom is 0.336 e. The Morgan fingerprint density at radius 3 is 2.44 bits per heavy atom. The number of rotatable bonds is 3. The molecule has 0 atom stereocenters. The SMILES string of the molecule is CC1CCC(Cc2cc(=O)oc3c2C(=O)N(C2CCC2)C(=O)C3)CC1. The van der Waals surface area contributed by atoms with Crippen LogP contribution in [0.2, 0.25) is 0 Å². The summed E-state index contributed by atoms with van der Waals surface area (Å²) in [6, 6.07) is 1.51. The standard InChI is InChI=1S/C20H25NO4/c1-12-5-7-13(8-6-12)9-14-10-18(23)25-16-11-17(22)21(15-3-2-4-15)20(24)19(14)16/h10,12-13,15H,2-9,11H2,1H3. The molecular formula is C20H25NO4. The first-order valence-electron chi connectivity index (χ1n) is 9.55. The van der Waals surface area contributed by atoms with Gasteiger partial charge < -0.3 is 4.42 Å². The van der Waals surface area contributed by atoms with Crippen molar-refractivity contribution in [3.63, 3.8) is 0 Å². The molecule has 0 bridgehead atoms. The lowest BCUT2D eigenvalue weighted by Gasteiger charge is -2.38. The van der Waals surface area contributed by atoms with Gasteiger partial charge in [-0.1, -0.05) is 19.8 Å². The predicted molar refractivity (Wildman–Crippen MR) is 92.3 cm³/mol. The van der Waals surface area contributed by atoms with E-state index in [2.05, 4.69) is 6.92 Å². The van der Waals surface area contributed by atoms with Crippen LogP contribution in [-0.2, 0) is 17.6 Å². The van der Waals surface area contributed by atoms with Gasteiger partial charge >= 0.3 is 5.63 Å². The number of nitrogens with zero attached hydrogens (tertiary/aromatic N) is 1. The maximum atomic E-state index is 13.0. The molecule has 0 N–H and O–H groups in total. The summed E-state index contributed by atoms with van der Waals surface area (Å²) in [5.74, 6) is 1.06. The smallest absolute Gasteiger partial charge is 0.336 e. The molecule has 2 fully saturated rings. The molecule has 2 aliphatic carbocycles. The van der Waals surface area contributed by atoms with Crippen LogP contribution in [0.4, 0.5) is 0 Å². The van der Waals surface area contributed by atoms with E-state index < -0.39 is 5.63 Å². The van der Waals surface area contributed by atoms with E-state index in [-0.39, 0.29) is 30.0 Å². The number of carbonyl (C=O) groups excluding carboxylic acids is 2. The predicted octanol–water partition coefficient (Wildman–Crippen LogP) is 3.09. The van der Waals surface area contributed by atoms with Gasteiger partial charge in [-0.2, -0.15) is 0 Å². The van der Waals surface area contributed by atoms with Gasteiger partial charge in [-0.25, -0.2) is 4.79 Å². The molecule has 0 saturated heterocycles. The monoisotopic (exact) mass is 343 g/mol. The summed E-state index contributed by atoms with van der Waals surface area (Å²) in [5, 5.41) is 0. The fourth-order valence-electron chi connectivity index (χ4n) is 4.45. The van der Waals surface area contributed by atoms with Gasteiger partial charge in [-0.15, -0.1) is 0 Å². The van der Waals surface area contributed by atoms with Crippen LogP contribution in [0.1, 0.15) is 73.6 Å². The minimum atomic E-state index is -0.448. The van der Waals surface area contributed by atoms with Crippen LogP contribution in [-0.4, -0.2) is 22.8 Å². The van der Waals surface area contributed by atoms with E-state index in [1.807, 2.05) is 0 Å². The third kappa shape index (κ3) is 3.05. The van der Waals surface area contributed by atoms with Gasteiger partial charge in [0.05, 0.1) is 12.0 Å². The Hall–Kier alpha value is -1.91. The van der Waals surface area contributed by atoms with Crippen molar-refractivity contribution in [2.24, 2.45) is 11.8 Å². The molecule has 1 aromatic heterocycles. The van der Waals surface area contributed by atoms with Crippen molar-refractivity contribution in [3.8, 4) is 0 Å². The maximum absolute atomic E-state index is 13.0. The quantitative estimate of drug-likeness (QED) is 0.791. The highest BCUT2D eigenvalue weighted by Crippen LogP contribution is 2.34. The number of fused-ring (bicyclic) bond motifs is 1. The highest BCUT2D eigenvalue weighted by molar-refractivity contribution is 6.10. The van der Waals surface area contributed by atoms with E-state index >= 15 is 0 Å². The minimum absolute atomic E-state index is 0.0301. The zero-order valence-corrected chi connectivity index (χ0v) is 14.8. The van der Waals surface area contributed by atoms with E-state index in [0.29, 0.717) is 11.5 Å². The highest BCUT2D eigenvalue weighted by atomic mass is 16.4. The molecule has 0 radical (unpaired) electrons. The molecule has 2 saturated carbocycles. The lowest BCUT2D eigenvalue weighted by Crippen LogP contribution is -2.51. The molecular weight excluding hydrogens is 318 g/mol. The number of imide groups is 1. The summed E-state index contributed by atoms with van der Waals surface area (Å²) in [6.45, 7) is 2.28. The molecule has 0 unspecified atom stereocenters. The van der Waals surface area contributed by atoms with Gasteiger partial charge in [0.25, 0.3) is 5.91 Å². The highest BCUT2D eigenvalue weighted by Gasteiger charge is 2.41. The molecule has 4 rings (SSSR count). The molecule has 0 spiro atoms. The zero-order valence-electron chi connectivity index (χ0n) is 14.8. The molecule has 1 aliphatic heterocycles. The van der Waals surface area contributed by atoms with Crippen molar-refractivity contribution < 1.29 is 14.0 Å². The Balaban J connectivity index is 1.66. The summed E-state index contributed by atoms with van der Waals surface area (Å²) in [6.07, 6.45) is 8.28. The average Bonchev–Trinajstić information content (AvgIpc) is 2.51. The minimum Gasteiger partial charge on any atom is -0.426 e. The number of amides is 2. The molecule has 25 heavy (non-hydrogen) atoms. The van der Waals surface area contributed by atoms with Crippen molar-refractivity contribution in [3.05, 3.63) is 33.4 Å². The van der Waals surface area contributed by atoms with Crippen LogP contribution in [0.25, 0.3) is 0 Å². The molecule has 134 valence electrons. The third-order valence-corrected chi connectivity index (χ3v) is 6.21. The van der Waals surface area contributed by atoms with Crippen LogP contribution in [0.3, 0.4) is 0 Å². The van der Waals surface area contributed by atoms with Crippen LogP contribution < -0.4 is 5.63 Å². The summed E-state index contributed by atoms with van der Waals surface area (Å²) in [7, 11) is 0. The van der Waals surface area contributed by atoms with Gasteiger partial charge in [0.15, 0.2) is 0 Å². The second-order valence-electron chi connectivity index (χ2n) is 8.05. The van der Waals surface area contributed by atoms with Crippen LogP contribution in [0.15, 0.2) is 15.3 Å². The average molecular weight is 343 g/mol. The summed E-state index contributed by atoms with van der Waals surface area (Å²) < 4.78 is 5.24. The van der Waals surface area contributed by atoms with Gasteiger partial charge in [0, 0.05) is 12.1 Å². The summed E-state index contributed by atoms with van der Waals surface area (Å²) in [5.41, 5.74) is 0.827. The molecule has 2 heterocycles. The van der Waals surface area contributed by atoms with E-state index in [9.17, 15) is 14.4 Å². The molecule has 0 aromatic carbocycles. The summed E-state index contributed by atoms with van der Waals surface area (Å²) >= 11 is 0. The first kappa shape index (κ1) is 16.6. The molecule has 2 amide bonds.